The van der Waals surface area contributed by atoms with Crippen LogP contribution in [0.15, 0.2) is 53.3 Å². The molecule has 1 aromatic heterocycles. The largest absolute Gasteiger partial charge is 0.508 e. The van der Waals surface area contributed by atoms with E-state index in [2.05, 4.69) is 5.16 Å². The molecule has 0 saturated heterocycles. The number of rotatable bonds is 5. The van der Waals surface area contributed by atoms with Crippen molar-refractivity contribution in [2.24, 2.45) is 0 Å². The van der Waals surface area contributed by atoms with E-state index in [1.165, 1.54) is 23.3 Å². The predicted octanol–water partition coefficient (Wildman–Crippen LogP) is 4.20. The van der Waals surface area contributed by atoms with Crippen LogP contribution in [0.25, 0.3) is 0 Å². The number of benzene rings is 2. The molecule has 26 heavy (non-hydrogen) atoms. The van der Waals surface area contributed by atoms with Gasteiger partial charge in [0.1, 0.15) is 29.2 Å². The molecule has 134 valence electrons. The van der Waals surface area contributed by atoms with Gasteiger partial charge in [0.2, 0.25) is 0 Å². The van der Waals surface area contributed by atoms with Crippen LogP contribution in [0.1, 0.15) is 17.4 Å². The lowest BCUT2D eigenvalue weighted by atomic mass is 10.2. The highest BCUT2D eigenvalue weighted by Crippen LogP contribution is 2.43. The summed E-state index contributed by atoms with van der Waals surface area (Å²) in [5, 5.41) is 24.3. The molecule has 3 aromatic rings. The molecular weight excluding hydrogens is 360 g/mol. The monoisotopic (exact) mass is 374 g/mol. The van der Waals surface area contributed by atoms with E-state index >= 15 is 0 Å². The Morgan fingerprint density at radius 2 is 1.96 bits per heavy atom. The lowest BCUT2D eigenvalue weighted by Crippen LogP contribution is -2.31. The number of carbonyl (C=O) groups is 1. The van der Waals surface area contributed by atoms with Gasteiger partial charge >= 0.3 is 0 Å². The molecule has 8 heteroatoms. The number of halogens is 1. The first kappa shape index (κ1) is 17.6. The summed E-state index contributed by atoms with van der Waals surface area (Å²) in [6.45, 7) is 1.96. The van der Waals surface area contributed by atoms with Crippen molar-refractivity contribution in [3.05, 3.63) is 59.4 Å². The molecule has 0 aliphatic rings. The number of phenols is 2. The van der Waals surface area contributed by atoms with Crippen molar-refractivity contribution in [1.29, 1.82) is 0 Å². The van der Waals surface area contributed by atoms with Crippen molar-refractivity contribution >= 4 is 23.2 Å². The maximum Gasteiger partial charge on any atom is 0.280 e. The minimum Gasteiger partial charge on any atom is -0.508 e. The molecule has 0 fully saturated rings. The molecule has 0 aliphatic carbocycles. The van der Waals surface area contributed by atoms with Crippen molar-refractivity contribution in [2.75, 3.05) is 11.4 Å². The molecule has 0 saturated carbocycles. The molecule has 0 radical (unpaired) electrons. The molecule has 0 atom stereocenters. The highest BCUT2D eigenvalue weighted by Gasteiger charge is 2.26. The topological polar surface area (TPSA) is 96.0 Å². The molecule has 1 amide bonds. The van der Waals surface area contributed by atoms with Crippen LogP contribution in [0.3, 0.4) is 0 Å². The van der Waals surface area contributed by atoms with Gasteiger partial charge in [0.05, 0.1) is 0 Å². The minimum absolute atomic E-state index is 0.0803. The van der Waals surface area contributed by atoms with Gasteiger partial charge in [0.15, 0.2) is 11.4 Å². The lowest BCUT2D eigenvalue weighted by Gasteiger charge is -2.24. The van der Waals surface area contributed by atoms with Gasteiger partial charge < -0.3 is 24.4 Å². The van der Waals surface area contributed by atoms with Crippen LogP contribution in [0.5, 0.6) is 23.0 Å². The minimum atomic E-state index is -0.483. The summed E-state index contributed by atoms with van der Waals surface area (Å²) < 4.78 is 10.5. The van der Waals surface area contributed by atoms with E-state index < -0.39 is 5.91 Å². The maximum atomic E-state index is 12.7. The molecule has 2 N–H and O–H groups in total. The summed E-state index contributed by atoms with van der Waals surface area (Å²) in [7, 11) is 0. The number of ether oxygens (including phenoxy) is 1. The quantitative estimate of drug-likeness (QED) is 0.694. The van der Waals surface area contributed by atoms with Crippen LogP contribution in [0, 0.1) is 0 Å². The Morgan fingerprint density at radius 3 is 2.58 bits per heavy atom. The Kier molecular flexibility index (Phi) is 4.99. The standard InChI is InChI=1S/C18H15ClN2O5/c1-2-21(18(24)14-7-8-25-20-14)17-15(23)9-12(22)10-16(17)26-13-5-3-11(19)4-6-13/h3-10,22-23H,2H2,1H3. The van der Waals surface area contributed by atoms with E-state index in [9.17, 15) is 15.0 Å². The molecule has 0 spiro atoms. The third-order valence-corrected chi connectivity index (χ3v) is 3.82. The number of amides is 1. The molecule has 0 bridgehead atoms. The SMILES string of the molecule is CCN(C(=O)c1ccon1)c1c(O)cc(O)cc1Oc1ccc(Cl)cc1. The fraction of sp³-hybridized carbons (Fsp3) is 0.111. The van der Waals surface area contributed by atoms with Crippen LogP contribution in [-0.2, 0) is 0 Å². The van der Waals surface area contributed by atoms with Gasteiger partial charge in [0.25, 0.3) is 5.91 Å². The van der Waals surface area contributed by atoms with Crippen LogP contribution in [0.2, 0.25) is 5.02 Å². The zero-order chi connectivity index (χ0) is 18.7. The number of hydrogen-bond donors (Lipinski definition) is 2. The summed E-state index contributed by atoms with van der Waals surface area (Å²) in [6.07, 6.45) is 1.28. The normalized spacial score (nSPS) is 10.5. The summed E-state index contributed by atoms with van der Waals surface area (Å²) in [5.74, 6) is -0.481. The molecule has 0 unspecified atom stereocenters. The number of hydrogen-bond acceptors (Lipinski definition) is 6. The van der Waals surface area contributed by atoms with Crippen molar-refractivity contribution in [3.63, 3.8) is 0 Å². The van der Waals surface area contributed by atoms with Crippen LogP contribution < -0.4 is 9.64 Å². The highest BCUT2D eigenvalue weighted by molar-refractivity contribution is 6.30. The van der Waals surface area contributed by atoms with Gasteiger partial charge in [-0.3, -0.25) is 4.79 Å². The van der Waals surface area contributed by atoms with E-state index in [0.29, 0.717) is 10.8 Å². The summed E-state index contributed by atoms with van der Waals surface area (Å²) in [4.78, 5) is 14.0. The predicted molar refractivity (Wildman–Crippen MR) is 95.2 cm³/mol. The van der Waals surface area contributed by atoms with Crippen LogP contribution in [-0.4, -0.2) is 27.8 Å². The zero-order valence-electron chi connectivity index (χ0n) is 13.7. The third-order valence-electron chi connectivity index (χ3n) is 3.57. The second-order valence-electron chi connectivity index (χ2n) is 5.30. The van der Waals surface area contributed by atoms with Gasteiger partial charge in [0, 0.05) is 29.8 Å². The van der Waals surface area contributed by atoms with Gasteiger partial charge in [-0.05, 0) is 31.2 Å². The van der Waals surface area contributed by atoms with E-state index in [-0.39, 0.29) is 35.2 Å². The van der Waals surface area contributed by atoms with Gasteiger partial charge in [-0.15, -0.1) is 0 Å². The zero-order valence-corrected chi connectivity index (χ0v) is 14.5. The second-order valence-corrected chi connectivity index (χ2v) is 5.74. The van der Waals surface area contributed by atoms with Gasteiger partial charge in [-0.1, -0.05) is 16.8 Å². The fourth-order valence-corrected chi connectivity index (χ4v) is 2.55. The lowest BCUT2D eigenvalue weighted by molar-refractivity contribution is 0.0978. The first-order chi connectivity index (χ1) is 12.5. The molecule has 2 aromatic carbocycles. The first-order valence-electron chi connectivity index (χ1n) is 7.71. The Bertz CT molecular complexity index is 910. The molecule has 3 rings (SSSR count). The Hall–Kier alpha value is -3.19. The summed E-state index contributed by atoms with van der Waals surface area (Å²) >= 11 is 5.86. The van der Waals surface area contributed by atoms with Crippen molar-refractivity contribution in [3.8, 4) is 23.0 Å². The molecule has 0 aliphatic heterocycles. The van der Waals surface area contributed by atoms with Crippen LogP contribution in [0.4, 0.5) is 5.69 Å². The number of aromatic nitrogens is 1. The third kappa shape index (κ3) is 3.57. The first-order valence-corrected chi connectivity index (χ1v) is 8.09. The van der Waals surface area contributed by atoms with Crippen molar-refractivity contribution in [2.45, 2.75) is 6.92 Å². The number of nitrogens with zero attached hydrogens (tertiary/aromatic N) is 2. The van der Waals surface area contributed by atoms with E-state index in [0.717, 1.165) is 6.07 Å². The Morgan fingerprint density at radius 1 is 1.23 bits per heavy atom. The smallest absolute Gasteiger partial charge is 0.280 e. The van der Waals surface area contributed by atoms with Gasteiger partial charge in [-0.2, -0.15) is 0 Å². The molecule has 1 heterocycles. The Labute approximate surface area is 154 Å². The summed E-state index contributed by atoms with van der Waals surface area (Å²) in [5.41, 5.74) is 0.185. The Balaban J connectivity index is 2.04. The molecule has 7 nitrogen and oxygen atoms in total. The van der Waals surface area contributed by atoms with Crippen molar-refractivity contribution in [1.82, 2.24) is 5.16 Å². The van der Waals surface area contributed by atoms with Crippen molar-refractivity contribution < 1.29 is 24.3 Å². The number of aromatic hydroxyl groups is 2. The maximum absolute atomic E-state index is 12.7. The van der Waals surface area contributed by atoms with Gasteiger partial charge in [-0.25, -0.2) is 0 Å². The average molecular weight is 375 g/mol. The van der Waals surface area contributed by atoms with Crippen LogP contribution >= 0.6 is 11.6 Å². The second kappa shape index (κ2) is 7.37. The summed E-state index contributed by atoms with van der Waals surface area (Å²) in [6, 6.07) is 10.4. The van der Waals surface area contributed by atoms with E-state index in [1.54, 1.807) is 31.2 Å². The van der Waals surface area contributed by atoms with E-state index in [1.807, 2.05) is 0 Å². The van der Waals surface area contributed by atoms with E-state index in [4.69, 9.17) is 20.9 Å². The highest BCUT2D eigenvalue weighted by atomic mass is 35.5. The number of phenolic OH excluding ortho intramolecular Hbond substituents is 2. The fourth-order valence-electron chi connectivity index (χ4n) is 2.42. The number of anilines is 1. The average Bonchev–Trinajstić information content (AvgIpc) is 3.14. The molecular formula is C18H15ClN2O5. The number of carbonyl (C=O) groups excluding carboxylic acids is 1.